The summed E-state index contributed by atoms with van der Waals surface area (Å²) in [5.74, 6) is -0.421. The molecule has 1 N–H and O–H groups in total. The molecule has 0 radical (unpaired) electrons. The number of nitrogens with one attached hydrogen (secondary N) is 1. The molecule has 0 bridgehead atoms. The van der Waals surface area contributed by atoms with Crippen LogP contribution in [0.1, 0.15) is 19.3 Å². The summed E-state index contributed by atoms with van der Waals surface area (Å²) in [5, 5.41) is 3.33. The standard InChI is InChI=1S/C18H22FN3O3S/c1-24-15-5-7-22(11-18(15)6-2-8-25-18)10-16(23)21-17-20-13-4-3-12(19)9-14(13)26-17/h3-4,9,15H,2,5-8,10-11H2,1H3,(H,20,21,23)/t15-,18+/m0/s1. The molecule has 2 aliphatic heterocycles. The fourth-order valence-electron chi connectivity index (χ4n) is 4.00. The zero-order valence-corrected chi connectivity index (χ0v) is 15.5. The molecule has 4 rings (SSSR count). The summed E-state index contributed by atoms with van der Waals surface area (Å²) >= 11 is 1.28. The van der Waals surface area contributed by atoms with Gasteiger partial charge in [-0.3, -0.25) is 9.69 Å². The van der Waals surface area contributed by atoms with E-state index in [9.17, 15) is 9.18 Å². The van der Waals surface area contributed by atoms with Crippen molar-refractivity contribution in [3.63, 3.8) is 0 Å². The summed E-state index contributed by atoms with van der Waals surface area (Å²) in [6.07, 6.45) is 2.93. The summed E-state index contributed by atoms with van der Waals surface area (Å²) in [7, 11) is 1.73. The Hall–Kier alpha value is -1.61. The number of fused-ring (bicyclic) bond motifs is 1. The molecule has 0 aliphatic carbocycles. The smallest absolute Gasteiger partial charge is 0.240 e. The van der Waals surface area contributed by atoms with E-state index in [4.69, 9.17) is 9.47 Å². The number of carbonyl (C=O) groups is 1. The first-order valence-corrected chi connectivity index (χ1v) is 9.65. The molecular weight excluding hydrogens is 357 g/mol. The van der Waals surface area contributed by atoms with Crippen LogP contribution in [-0.2, 0) is 14.3 Å². The number of methoxy groups -OCH3 is 1. The molecule has 2 fully saturated rings. The van der Waals surface area contributed by atoms with Gasteiger partial charge in [-0.1, -0.05) is 11.3 Å². The van der Waals surface area contributed by atoms with Crippen LogP contribution in [-0.4, -0.2) is 60.8 Å². The quantitative estimate of drug-likeness (QED) is 0.885. The second-order valence-electron chi connectivity index (χ2n) is 6.92. The van der Waals surface area contributed by atoms with Crippen LogP contribution < -0.4 is 5.32 Å². The largest absolute Gasteiger partial charge is 0.378 e. The number of carbonyl (C=O) groups excluding carboxylic acids is 1. The van der Waals surface area contributed by atoms with Gasteiger partial charge in [0.1, 0.15) is 11.4 Å². The van der Waals surface area contributed by atoms with Crippen LogP contribution in [0.2, 0.25) is 0 Å². The molecule has 140 valence electrons. The molecular formula is C18H22FN3O3S. The minimum Gasteiger partial charge on any atom is -0.378 e. The van der Waals surface area contributed by atoms with Crippen molar-refractivity contribution in [1.29, 1.82) is 0 Å². The van der Waals surface area contributed by atoms with Gasteiger partial charge in [-0.2, -0.15) is 0 Å². The van der Waals surface area contributed by atoms with E-state index in [-0.39, 0.29) is 30.0 Å². The Morgan fingerprint density at radius 2 is 2.46 bits per heavy atom. The summed E-state index contributed by atoms with van der Waals surface area (Å²) in [6.45, 7) is 2.53. The van der Waals surface area contributed by atoms with Gasteiger partial charge in [0.25, 0.3) is 0 Å². The third-order valence-corrected chi connectivity index (χ3v) is 6.10. The molecule has 0 saturated carbocycles. The van der Waals surface area contributed by atoms with Crippen LogP contribution >= 0.6 is 11.3 Å². The van der Waals surface area contributed by atoms with Crippen LogP contribution in [0.15, 0.2) is 18.2 Å². The van der Waals surface area contributed by atoms with Gasteiger partial charge < -0.3 is 14.8 Å². The lowest BCUT2D eigenvalue weighted by Crippen LogP contribution is -2.58. The predicted molar refractivity (Wildman–Crippen MR) is 98.0 cm³/mol. The number of rotatable bonds is 4. The average molecular weight is 379 g/mol. The van der Waals surface area contributed by atoms with Crippen molar-refractivity contribution in [3.05, 3.63) is 24.0 Å². The minimum atomic E-state index is -0.304. The van der Waals surface area contributed by atoms with Crippen molar-refractivity contribution in [2.75, 3.05) is 38.7 Å². The first-order valence-electron chi connectivity index (χ1n) is 8.83. The SMILES string of the molecule is CO[C@H]1CCN(CC(=O)Nc2nc3ccc(F)cc3s2)C[C@]12CCCO2. The number of halogens is 1. The van der Waals surface area contributed by atoms with Crippen LogP contribution in [0.5, 0.6) is 0 Å². The van der Waals surface area contributed by atoms with Gasteiger partial charge in [0.15, 0.2) is 5.13 Å². The normalized spacial score (nSPS) is 26.6. The number of hydrogen-bond donors (Lipinski definition) is 1. The molecule has 1 aromatic carbocycles. The third-order valence-electron chi connectivity index (χ3n) is 5.17. The second-order valence-corrected chi connectivity index (χ2v) is 7.95. The van der Waals surface area contributed by atoms with Crippen molar-refractivity contribution < 1.29 is 18.7 Å². The van der Waals surface area contributed by atoms with Crippen LogP contribution in [0.25, 0.3) is 10.2 Å². The maximum atomic E-state index is 13.3. The van der Waals surface area contributed by atoms with Crippen molar-refractivity contribution >= 4 is 32.6 Å². The average Bonchev–Trinajstić information content (AvgIpc) is 3.21. The zero-order chi connectivity index (χ0) is 18.1. The van der Waals surface area contributed by atoms with Gasteiger partial charge in [-0.15, -0.1) is 0 Å². The number of thiazole rings is 1. The molecule has 2 aromatic rings. The predicted octanol–water partition coefficient (Wildman–Crippen LogP) is 2.64. The lowest BCUT2D eigenvalue weighted by molar-refractivity contribution is -0.146. The van der Waals surface area contributed by atoms with E-state index in [1.54, 1.807) is 13.2 Å². The van der Waals surface area contributed by atoms with Crippen molar-refractivity contribution in [2.24, 2.45) is 0 Å². The van der Waals surface area contributed by atoms with E-state index < -0.39 is 0 Å². The van der Waals surface area contributed by atoms with Gasteiger partial charge in [-0.25, -0.2) is 9.37 Å². The van der Waals surface area contributed by atoms with E-state index in [0.29, 0.717) is 17.2 Å². The van der Waals surface area contributed by atoms with Crippen LogP contribution in [0.3, 0.4) is 0 Å². The molecule has 1 amide bonds. The van der Waals surface area contributed by atoms with Crippen molar-refractivity contribution in [2.45, 2.75) is 31.0 Å². The Balaban J connectivity index is 1.39. The fraction of sp³-hybridized carbons (Fsp3) is 0.556. The molecule has 2 aliphatic rings. The van der Waals surface area contributed by atoms with E-state index in [1.165, 1.54) is 23.5 Å². The first-order chi connectivity index (χ1) is 12.6. The lowest BCUT2D eigenvalue weighted by Gasteiger charge is -2.44. The molecule has 2 saturated heterocycles. The number of anilines is 1. The maximum Gasteiger partial charge on any atom is 0.240 e. The molecule has 0 unspecified atom stereocenters. The molecule has 3 heterocycles. The minimum absolute atomic E-state index is 0.0865. The number of piperidine rings is 1. The molecule has 8 heteroatoms. The lowest BCUT2D eigenvalue weighted by atomic mass is 9.87. The Bertz CT molecular complexity index is 806. The number of aromatic nitrogens is 1. The summed E-state index contributed by atoms with van der Waals surface area (Å²) in [4.78, 5) is 18.9. The van der Waals surface area contributed by atoms with Crippen molar-refractivity contribution in [3.8, 4) is 0 Å². The van der Waals surface area contributed by atoms with Gasteiger partial charge in [0, 0.05) is 26.8 Å². The Labute approximate surface area is 155 Å². The number of ether oxygens (including phenoxy) is 2. The van der Waals surface area contributed by atoms with Crippen molar-refractivity contribution in [1.82, 2.24) is 9.88 Å². The summed E-state index contributed by atoms with van der Waals surface area (Å²) < 4.78 is 25.7. The Morgan fingerprint density at radius 1 is 1.58 bits per heavy atom. The second kappa shape index (κ2) is 7.19. The summed E-state index contributed by atoms with van der Waals surface area (Å²) in [5.41, 5.74) is 0.395. The Kier molecular flexibility index (Phi) is 4.92. The fourth-order valence-corrected chi connectivity index (χ4v) is 4.91. The van der Waals surface area contributed by atoms with E-state index in [2.05, 4.69) is 15.2 Å². The van der Waals surface area contributed by atoms with Gasteiger partial charge >= 0.3 is 0 Å². The number of benzene rings is 1. The highest BCUT2D eigenvalue weighted by Gasteiger charge is 2.47. The van der Waals surface area contributed by atoms with E-state index >= 15 is 0 Å². The number of hydrogen-bond acceptors (Lipinski definition) is 6. The molecule has 26 heavy (non-hydrogen) atoms. The number of nitrogens with zero attached hydrogens (tertiary/aromatic N) is 2. The maximum absolute atomic E-state index is 13.3. The van der Waals surface area contributed by atoms with Crippen LogP contribution in [0.4, 0.5) is 9.52 Å². The Morgan fingerprint density at radius 3 is 3.23 bits per heavy atom. The highest BCUT2D eigenvalue weighted by atomic mass is 32.1. The molecule has 1 aromatic heterocycles. The highest BCUT2D eigenvalue weighted by Crippen LogP contribution is 2.36. The van der Waals surface area contributed by atoms with E-state index in [0.717, 1.165) is 37.1 Å². The van der Waals surface area contributed by atoms with Crippen LogP contribution in [0, 0.1) is 5.82 Å². The van der Waals surface area contributed by atoms with Gasteiger partial charge in [0.05, 0.1) is 22.9 Å². The van der Waals surface area contributed by atoms with Gasteiger partial charge in [-0.05, 0) is 37.5 Å². The molecule has 6 nitrogen and oxygen atoms in total. The van der Waals surface area contributed by atoms with Gasteiger partial charge in [0.2, 0.25) is 5.91 Å². The first kappa shape index (κ1) is 17.8. The molecule has 1 spiro atoms. The third kappa shape index (κ3) is 3.46. The number of amides is 1. The highest BCUT2D eigenvalue weighted by molar-refractivity contribution is 7.22. The summed E-state index contributed by atoms with van der Waals surface area (Å²) in [6, 6.07) is 4.42. The number of likely N-dealkylation sites (tertiary alicyclic amines) is 1. The zero-order valence-electron chi connectivity index (χ0n) is 14.7. The van der Waals surface area contributed by atoms with E-state index in [1.807, 2.05) is 0 Å². The monoisotopic (exact) mass is 379 g/mol. The molecule has 2 atom stereocenters. The topological polar surface area (TPSA) is 63.7 Å².